The minimum absolute atomic E-state index is 0.853. The van der Waals surface area contributed by atoms with E-state index in [4.69, 9.17) is 0 Å². The van der Waals surface area contributed by atoms with E-state index in [1.54, 1.807) is 6.33 Å². The van der Waals surface area contributed by atoms with Gasteiger partial charge in [-0.3, -0.25) is 0 Å². The summed E-state index contributed by atoms with van der Waals surface area (Å²) < 4.78 is 0.923. The molecule has 0 aliphatic heterocycles. The van der Waals surface area contributed by atoms with Gasteiger partial charge in [0.05, 0.1) is 0 Å². The second kappa shape index (κ2) is 11.8. The molecule has 1 rings (SSSR count). The molecule has 0 bridgehead atoms. The van der Waals surface area contributed by atoms with Crippen LogP contribution in [0.4, 0.5) is 11.6 Å². The van der Waals surface area contributed by atoms with E-state index in [1.807, 2.05) is 0 Å². The number of nitrogens with zero attached hydrogens (tertiary/aromatic N) is 2. The first-order valence-electron chi connectivity index (χ1n) is 8.27. The minimum atomic E-state index is 0.853. The number of unbranched alkanes of at least 4 members (excludes halogenated alkanes) is 7. The van der Waals surface area contributed by atoms with Gasteiger partial charge in [0.1, 0.15) is 22.4 Å². The van der Waals surface area contributed by atoms with Crippen molar-refractivity contribution in [2.45, 2.75) is 65.2 Å². The van der Waals surface area contributed by atoms with Crippen molar-refractivity contribution in [1.29, 1.82) is 0 Å². The molecule has 0 saturated carbocycles. The average molecular weight is 357 g/mol. The molecule has 2 N–H and O–H groups in total. The van der Waals surface area contributed by atoms with Gasteiger partial charge in [-0.05, 0) is 29.3 Å². The van der Waals surface area contributed by atoms with Gasteiger partial charge < -0.3 is 10.6 Å². The number of hydrogen-bond acceptors (Lipinski definition) is 4. The number of rotatable bonds is 12. The van der Waals surface area contributed by atoms with Gasteiger partial charge in [-0.15, -0.1) is 0 Å². The molecular formula is C16H29BrN4. The van der Waals surface area contributed by atoms with Crippen LogP contribution in [-0.2, 0) is 0 Å². The zero-order valence-electron chi connectivity index (χ0n) is 13.4. The highest BCUT2D eigenvalue weighted by Gasteiger charge is 2.06. The van der Waals surface area contributed by atoms with Crippen LogP contribution in [0.1, 0.15) is 65.2 Å². The number of nitrogens with one attached hydrogen (secondary N) is 2. The zero-order chi connectivity index (χ0) is 15.3. The van der Waals surface area contributed by atoms with Crippen molar-refractivity contribution < 1.29 is 0 Å². The van der Waals surface area contributed by atoms with Gasteiger partial charge >= 0.3 is 0 Å². The topological polar surface area (TPSA) is 49.8 Å². The Bertz CT molecular complexity index is 385. The van der Waals surface area contributed by atoms with Crippen LogP contribution in [0.3, 0.4) is 0 Å². The van der Waals surface area contributed by atoms with Crippen molar-refractivity contribution in [2.75, 3.05) is 23.7 Å². The molecule has 0 aromatic carbocycles. The Kier molecular flexibility index (Phi) is 10.2. The Balaban J connectivity index is 2.14. The molecule has 0 unspecified atom stereocenters. The predicted molar refractivity (Wildman–Crippen MR) is 95.0 cm³/mol. The van der Waals surface area contributed by atoms with Crippen molar-refractivity contribution in [3.8, 4) is 0 Å². The molecule has 0 amide bonds. The highest BCUT2D eigenvalue weighted by atomic mass is 79.9. The monoisotopic (exact) mass is 356 g/mol. The summed E-state index contributed by atoms with van der Waals surface area (Å²) in [4.78, 5) is 8.49. The molecule has 4 nitrogen and oxygen atoms in total. The molecule has 0 aliphatic carbocycles. The zero-order valence-corrected chi connectivity index (χ0v) is 15.0. The lowest BCUT2D eigenvalue weighted by molar-refractivity contribution is 0.581. The highest BCUT2D eigenvalue weighted by Crippen LogP contribution is 2.26. The molecule has 21 heavy (non-hydrogen) atoms. The smallest absolute Gasteiger partial charge is 0.145 e. The van der Waals surface area contributed by atoms with Gasteiger partial charge in [0.15, 0.2) is 0 Å². The number of hydrogen-bond donors (Lipinski definition) is 2. The van der Waals surface area contributed by atoms with E-state index in [2.05, 4.69) is 50.4 Å². The number of anilines is 2. The third-order valence-electron chi connectivity index (χ3n) is 3.46. The van der Waals surface area contributed by atoms with E-state index in [0.29, 0.717) is 0 Å². The van der Waals surface area contributed by atoms with Gasteiger partial charge in [-0.1, -0.05) is 51.9 Å². The summed E-state index contributed by atoms with van der Waals surface area (Å²) in [6.07, 6.45) is 12.3. The molecule has 1 heterocycles. The van der Waals surface area contributed by atoms with Crippen LogP contribution in [0.5, 0.6) is 0 Å². The van der Waals surface area contributed by atoms with Crippen LogP contribution in [-0.4, -0.2) is 23.1 Å². The highest BCUT2D eigenvalue weighted by molar-refractivity contribution is 9.10. The Morgan fingerprint density at radius 3 is 2.05 bits per heavy atom. The van der Waals surface area contributed by atoms with Gasteiger partial charge in [-0.2, -0.15) is 0 Å². The summed E-state index contributed by atoms with van der Waals surface area (Å²) in [6, 6.07) is 0. The third kappa shape index (κ3) is 7.65. The lowest BCUT2D eigenvalue weighted by atomic mass is 10.1. The van der Waals surface area contributed by atoms with Crippen molar-refractivity contribution in [2.24, 2.45) is 0 Å². The maximum Gasteiger partial charge on any atom is 0.145 e. The molecule has 0 aliphatic rings. The molecular weight excluding hydrogens is 328 g/mol. The Labute approximate surface area is 137 Å². The number of aromatic nitrogens is 2. The Hall–Kier alpha value is -0.840. The largest absolute Gasteiger partial charge is 0.369 e. The lowest BCUT2D eigenvalue weighted by Gasteiger charge is -2.10. The van der Waals surface area contributed by atoms with E-state index in [-0.39, 0.29) is 0 Å². The molecule has 0 saturated heterocycles. The van der Waals surface area contributed by atoms with Crippen molar-refractivity contribution in [3.63, 3.8) is 0 Å². The van der Waals surface area contributed by atoms with Gasteiger partial charge in [0.25, 0.3) is 0 Å². The van der Waals surface area contributed by atoms with Crippen LogP contribution in [0.25, 0.3) is 0 Å². The molecule has 5 heteroatoms. The van der Waals surface area contributed by atoms with E-state index in [1.165, 1.54) is 51.4 Å². The molecule has 1 aromatic heterocycles. The molecule has 1 aromatic rings. The normalized spacial score (nSPS) is 10.6. The summed E-state index contributed by atoms with van der Waals surface area (Å²) in [7, 11) is 0. The second-order valence-corrected chi connectivity index (χ2v) is 6.11. The third-order valence-corrected chi connectivity index (χ3v) is 4.21. The molecule has 120 valence electrons. The van der Waals surface area contributed by atoms with Crippen LogP contribution < -0.4 is 10.6 Å². The maximum atomic E-state index is 4.28. The van der Waals surface area contributed by atoms with E-state index < -0.39 is 0 Å². The fraction of sp³-hybridized carbons (Fsp3) is 0.750. The standard InChI is InChI=1S/C16H29BrN4/c1-3-5-6-7-8-9-10-11-12-19-16-14(17)15(18-4-2)20-13-21-16/h13H,3-12H2,1-2H3,(H2,18,19,20,21). The molecule has 0 radical (unpaired) electrons. The first kappa shape index (κ1) is 18.2. The number of halogens is 1. The first-order chi connectivity index (χ1) is 10.3. The Morgan fingerprint density at radius 2 is 1.43 bits per heavy atom. The second-order valence-electron chi connectivity index (χ2n) is 5.32. The first-order valence-corrected chi connectivity index (χ1v) is 9.07. The summed E-state index contributed by atoms with van der Waals surface area (Å²) in [5.74, 6) is 1.73. The predicted octanol–water partition coefficient (Wildman–Crippen LogP) is 5.22. The van der Waals surface area contributed by atoms with Gasteiger partial charge in [-0.25, -0.2) is 9.97 Å². The summed E-state index contributed by atoms with van der Waals surface area (Å²) in [5.41, 5.74) is 0. The van der Waals surface area contributed by atoms with Crippen LogP contribution >= 0.6 is 15.9 Å². The van der Waals surface area contributed by atoms with E-state index >= 15 is 0 Å². The summed E-state index contributed by atoms with van der Waals surface area (Å²) >= 11 is 3.55. The fourth-order valence-corrected chi connectivity index (χ4v) is 2.73. The quantitative estimate of drug-likeness (QED) is 0.503. The minimum Gasteiger partial charge on any atom is -0.369 e. The average Bonchev–Trinajstić information content (AvgIpc) is 2.49. The SMILES string of the molecule is CCCCCCCCCCNc1ncnc(NCC)c1Br. The van der Waals surface area contributed by atoms with Crippen molar-refractivity contribution in [3.05, 3.63) is 10.8 Å². The van der Waals surface area contributed by atoms with Crippen LogP contribution in [0.15, 0.2) is 10.8 Å². The molecule has 0 fully saturated rings. The van der Waals surface area contributed by atoms with E-state index in [0.717, 1.165) is 29.2 Å². The summed E-state index contributed by atoms with van der Waals surface area (Å²) in [6.45, 7) is 6.14. The molecule has 0 atom stereocenters. The van der Waals surface area contributed by atoms with Crippen molar-refractivity contribution >= 4 is 27.6 Å². The van der Waals surface area contributed by atoms with Gasteiger partial charge in [0.2, 0.25) is 0 Å². The fourth-order valence-electron chi connectivity index (χ4n) is 2.25. The van der Waals surface area contributed by atoms with Crippen LogP contribution in [0.2, 0.25) is 0 Å². The maximum absolute atomic E-state index is 4.28. The van der Waals surface area contributed by atoms with Crippen molar-refractivity contribution in [1.82, 2.24) is 9.97 Å². The summed E-state index contributed by atoms with van der Waals surface area (Å²) in [5, 5.41) is 6.60. The Morgan fingerprint density at radius 1 is 0.857 bits per heavy atom. The van der Waals surface area contributed by atoms with Crippen LogP contribution in [0, 0.1) is 0 Å². The lowest BCUT2D eigenvalue weighted by Crippen LogP contribution is -2.07. The van der Waals surface area contributed by atoms with Gasteiger partial charge in [0, 0.05) is 13.1 Å². The molecule has 0 spiro atoms. The van der Waals surface area contributed by atoms with E-state index in [9.17, 15) is 0 Å².